The number of nitrogens with zero attached hydrogens (tertiary/aromatic N) is 3. The summed E-state index contributed by atoms with van der Waals surface area (Å²) in [5.74, 6) is 0.127. The van der Waals surface area contributed by atoms with Gasteiger partial charge in [-0.25, -0.2) is 0 Å². The molecule has 0 aromatic heterocycles. The number of rotatable bonds is 3. The Morgan fingerprint density at radius 2 is 1.79 bits per heavy atom. The zero-order chi connectivity index (χ0) is 16.8. The Morgan fingerprint density at radius 3 is 2.54 bits per heavy atom. The maximum atomic E-state index is 12.3. The number of Topliss-reactive ketones (excluding diaryl/α,β-unsaturated/α-hetero) is 1. The molecule has 0 spiro atoms. The van der Waals surface area contributed by atoms with Crippen molar-refractivity contribution in [3.8, 4) is 0 Å². The van der Waals surface area contributed by atoms with E-state index < -0.39 is 0 Å². The lowest BCUT2D eigenvalue weighted by Crippen LogP contribution is -1.98. The van der Waals surface area contributed by atoms with Gasteiger partial charge in [0.1, 0.15) is 0 Å². The van der Waals surface area contributed by atoms with Crippen LogP contribution in [0.5, 0.6) is 0 Å². The minimum Gasteiger partial charge on any atom is -0.294 e. The topological polar surface area (TPSA) is 65.8 Å². The SMILES string of the molecule is CCC(=O)c1ccc2ccc3c(N=[N+]=[N-])cc(Br)c4ccc1c2c43. The molecule has 5 heteroatoms. The van der Waals surface area contributed by atoms with E-state index in [0.717, 1.165) is 42.4 Å². The van der Waals surface area contributed by atoms with E-state index in [-0.39, 0.29) is 5.78 Å². The van der Waals surface area contributed by atoms with E-state index in [0.29, 0.717) is 12.1 Å². The molecule has 0 atom stereocenters. The third kappa shape index (κ3) is 1.99. The van der Waals surface area contributed by atoms with Gasteiger partial charge in [0, 0.05) is 27.1 Å². The lowest BCUT2D eigenvalue weighted by atomic mass is 9.90. The van der Waals surface area contributed by atoms with E-state index in [2.05, 4.69) is 26.0 Å². The van der Waals surface area contributed by atoms with Crippen LogP contribution in [0.25, 0.3) is 42.8 Å². The van der Waals surface area contributed by atoms with Crippen molar-refractivity contribution in [3.63, 3.8) is 0 Å². The van der Waals surface area contributed by atoms with E-state index in [1.54, 1.807) is 0 Å². The van der Waals surface area contributed by atoms with E-state index in [4.69, 9.17) is 5.53 Å². The zero-order valence-electron chi connectivity index (χ0n) is 12.9. The minimum absolute atomic E-state index is 0.127. The molecule has 116 valence electrons. The Morgan fingerprint density at radius 1 is 1.08 bits per heavy atom. The van der Waals surface area contributed by atoms with Gasteiger partial charge in [-0.2, -0.15) is 0 Å². The fourth-order valence-corrected chi connectivity index (χ4v) is 3.95. The predicted octanol–water partition coefficient (Wildman–Crippen LogP) is 6.88. The predicted molar refractivity (Wildman–Crippen MR) is 101 cm³/mol. The second-order valence-electron chi connectivity index (χ2n) is 5.70. The fraction of sp³-hybridized carbons (Fsp3) is 0.105. The molecule has 4 rings (SSSR count). The molecule has 24 heavy (non-hydrogen) atoms. The van der Waals surface area contributed by atoms with Gasteiger partial charge < -0.3 is 0 Å². The van der Waals surface area contributed by atoms with E-state index in [1.807, 2.05) is 49.4 Å². The van der Waals surface area contributed by atoms with Gasteiger partial charge in [0.25, 0.3) is 0 Å². The van der Waals surface area contributed by atoms with Crippen molar-refractivity contribution in [1.29, 1.82) is 0 Å². The van der Waals surface area contributed by atoms with Crippen LogP contribution in [0, 0.1) is 0 Å². The Labute approximate surface area is 146 Å². The summed E-state index contributed by atoms with van der Waals surface area (Å²) in [6, 6.07) is 13.7. The molecule has 0 saturated carbocycles. The van der Waals surface area contributed by atoms with E-state index in [9.17, 15) is 4.79 Å². The number of hydrogen-bond donors (Lipinski definition) is 0. The molecule has 4 nitrogen and oxygen atoms in total. The van der Waals surface area contributed by atoms with Gasteiger partial charge in [0.2, 0.25) is 0 Å². The van der Waals surface area contributed by atoms with Gasteiger partial charge in [-0.15, -0.1) is 0 Å². The summed E-state index contributed by atoms with van der Waals surface area (Å²) in [5, 5.41) is 9.85. The summed E-state index contributed by atoms with van der Waals surface area (Å²) in [6.07, 6.45) is 0.470. The standard InChI is InChI=1S/C19H12BrN3O/c1-2-17(24)11-5-3-10-4-6-14-16(22-23-21)9-15(20)13-8-7-12(11)18(10)19(13)14/h3-9H,2H2,1H3. The molecule has 0 heterocycles. The quantitative estimate of drug-likeness (QED) is 0.126. The summed E-state index contributed by atoms with van der Waals surface area (Å²) in [5.41, 5.74) is 10.2. The number of benzene rings is 4. The number of halogens is 1. The molecule has 0 fully saturated rings. The largest absolute Gasteiger partial charge is 0.294 e. The summed E-state index contributed by atoms with van der Waals surface area (Å²) >= 11 is 3.57. The van der Waals surface area contributed by atoms with Crippen molar-refractivity contribution in [3.05, 3.63) is 62.9 Å². The van der Waals surface area contributed by atoms with Crippen molar-refractivity contribution in [2.45, 2.75) is 13.3 Å². The van der Waals surface area contributed by atoms with Gasteiger partial charge in [-0.05, 0) is 43.9 Å². The van der Waals surface area contributed by atoms with Gasteiger partial charge in [0.15, 0.2) is 5.78 Å². The molecule has 0 unspecified atom stereocenters. The van der Waals surface area contributed by atoms with Crippen molar-refractivity contribution >= 4 is 59.7 Å². The van der Waals surface area contributed by atoms with Crippen molar-refractivity contribution in [1.82, 2.24) is 0 Å². The highest BCUT2D eigenvalue weighted by molar-refractivity contribution is 9.10. The number of azide groups is 1. The molecule has 0 N–H and O–H groups in total. The maximum absolute atomic E-state index is 12.3. The van der Waals surface area contributed by atoms with Gasteiger partial charge in [-0.3, -0.25) is 4.79 Å². The highest BCUT2D eigenvalue weighted by atomic mass is 79.9. The van der Waals surface area contributed by atoms with Gasteiger partial charge >= 0.3 is 0 Å². The van der Waals surface area contributed by atoms with Crippen molar-refractivity contribution in [2.24, 2.45) is 5.11 Å². The summed E-state index contributed by atoms with van der Waals surface area (Å²) in [6.45, 7) is 1.87. The number of carbonyl (C=O) groups is 1. The first-order chi connectivity index (χ1) is 11.7. The third-order valence-electron chi connectivity index (χ3n) is 4.48. The molecule has 0 amide bonds. The smallest absolute Gasteiger partial charge is 0.163 e. The maximum Gasteiger partial charge on any atom is 0.163 e. The highest BCUT2D eigenvalue weighted by Crippen LogP contribution is 2.43. The van der Waals surface area contributed by atoms with Crippen LogP contribution in [0.3, 0.4) is 0 Å². The Hall–Kier alpha value is -2.62. The van der Waals surface area contributed by atoms with Crippen LogP contribution in [0.4, 0.5) is 5.69 Å². The lowest BCUT2D eigenvalue weighted by Gasteiger charge is -2.15. The molecule has 4 aromatic carbocycles. The summed E-state index contributed by atoms with van der Waals surface area (Å²) < 4.78 is 0.874. The van der Waals surface area contributed by atoms with Crippen LogP contribution < -0.4 is 0 Å². The Kier molecular flexibility index (Phi) is 3.41. The second-order valence-corrected chi connectivity index (χ2v) is 6.56. The number of hydrogen-bond acceptors (Lipinski definition) is 2. The normalized spacial score (nSPS) is 11.2. The minimum atomic E-state index is 0.127. The molecule has 0 aliphatic rings. The van der Waals surface area contributed by atoms with Crippen LogP contribution >= 0.6 is 15.9 Å². The monoisotopic (exact) mass is 377 g/mol. The summed E-state index contributed by atoms with van der Waals surface area (Å²) in [7, 11) is 0. The summed E-state index contributed by atoms with van der Waals surface area (Å²) in [4.78, 5) is 15.3. The van der Waals surface area contributed by atoms with Crippen LogP contribution in [-0.2, 0) is 0 Å². The van der Waals surface area contributed by atoms with Gasteiger partial charge in [0.05, 0.1) is 0 Å². The molecule has 0 saturated heterocycles. The van der Waals surface area contributed by atoms with E-state index in [1.165, 1.54) is 0 Å². The Balaban J connectivity index is 2.29. The van der Waals surface area contributed by atoms with Gasteiger partial charge in [-0.1, -0.05) is 64.4 Å². The van der Waals surface area contributed by atoms with Crippen LogP contribution in [0.2, 0.25) is 0 Å². The zero-order valence-corrected chi connectivity index (χ0v) is 14.5. The molecule has 0 aliphatic carbocycles. The number of carbonyl (C=O) groups excluding carboxylic acids is 1. The Bertz CT molecular complexity index is 1180. The molecular weight excluding hydrogens is 366 g/mol. The highest BCUT2D eigenvalue weighted by Gasteiger charge is 2.16. The molecular formula is C19H12BrN3O. The molecule has 0 radical (unpaired) electrons. The van der Waals surface area contributed by atoms with Crippen LogP contribution in [0.1, 0.15) is 23.7 Å². The first-order valence-electron chi connectivity index (χ1n) is 7.64. The molecule has 4 aromatic rings. The van der Waals surface area contributed by atoms with Crippen molar-refractivity contribution < 1.29 is 4.79 Å². The van der Waals surface area contributed by atoms with Crippen LogP contribution in [0.15, 0.2) is 52.1 Å². The van der Waals surface area contributed by atoms with Crippen molar-refractivity contribution in [2.75, 3.05) is 0 Å². The lowest BCUT2D eigenvalue weighted by molar-refractivity contribution is 0.0990. The fourth-order valence-electron chi connectivity index (χ4n) is 3.40. The second kappa shape index (κ2) is 5.48. The van der Waals surface area contributed by atoms with E-state index >= 15 is 0 Å². The molecule has 0 bridgehead atoms. The number of ketones is 1. The van der Waals surface area contributed by atoms with Crippen LogP contribution in [-0.4, -0.2) is 5.78 Å². The first-order valence-corrected chi connectivity index (χ1v) is 8.43. The first kappa shape index (κ1) is 14.9. The molecule has 0 aliphatic heterocycles. The average Bonchev–Trinajstić information content (AvgIpc) is 2.61. The average molecular weight is 378 g/mol. The third-order valence-corrected chi connectivity index (χ3v) is 5.14.